The minimum Gasteiger partial charge on any atom is -0.506 e. The summed E-state index contributed by atoms with van der Waals surface area (Å²) in [7, 11) is 0. The molecule has 150 valence electrons. The first kappa shape index (κ1) is 20.9. The first-order valence-electron chi connectivity index (χ1n) is 9.68. The number of aromatic hydroxyl groups is 1. The zero-order valence-electron chi connectivity index (χ0n) is 16.1. The van der Waals surface area contributed by atoms with Crippen molar-refractivity contribution in [2.24, 2.45) is 0 Å². The van der Waals surface area contributed by atoms with Crippen LogP contribution in [0.1, 0.15) is 25.7 Å². The van der Waals surface area contributed by atoms with Crippen LogP contribution in [0.25, 0.3) is 11.1 Å². The predicted octanol–water partition coefficient (Wildman–Crippen LogP) is 6.49. The lowest BCUT2D eigenvalue weighted by atomic mass is 10.0. The Balaban J connectivity index is 1.41. The third-order valence-electron chi connectivity index (χ3n) is 4.51. The molecule has 0 aliphatic rings. The highest BCUT2D eigenvalue weighted by atomic mass is 32.2. The summed E-state index contributed by atoms with van der Waals surface area (Å²) in [5.74, 6) is 0.679. The van der Waals surface area contributed by atoms with Gasteiger partial charge in [-0.2, -0.15) is 0 Å². The lowest BCUT2D eigenvalue weighted by Gasteiger charge is -2.10. The number of halogens is 1. The van der Waals surface area contributed by atoms with Crippen LogP contribution in [0.4, 0.5) is 10.1 Å². The van der Waals surface area contributed by atoms with Crippen LogP contribution in [0.2, 0.25) is 0 Å². The number of hydrogen-bond donors (Lipinski definition) is 2. The van der Waals surface area contributed by atoms with Gasteiger partial charge in [-0.1, -0.05) is 42.8 Å². The van der Waals surface area contributed by atoms with Gasteiger partial charge in [0.05, 0.1) is 5.69 Å². The number of benzene rings is 3. The predicted molar refractivity (Wildman–Crippen MR) is 118 cm³/mol. The molecule has 3 aromatic rings. The highest BCUT2D eigenvalue weighted by Crippen LogP contribution is 2.30. The largest absolute Gasteiger partial charge is 0.506 e. The van der Waals surface area contributed by atoms with Crippen molar-refractivity contribution in [1.82, 2.24) is 0 Å². The first-order chi connectivity index (χ1) is 14.1. The van der Waals surface area contributed by atoms with Crippen molar-refractivity contribution < 1.29 is 14.3 Å². The standard InChI is InChI=1S/C24H24FNO2S/c25-20-11-13-21(14-12-20)29-16-6-2-5-9-24(28)26-22-17-19(10-15-23(22)27)18-7-3-1-4-8-18/h1,3-4,7-8,10-15,17,27H,2,5-6,9,16H2,(H,26,28). The number of nitrogens with one attached hydrogen (secondary N) is 1. The van der Waals surface area contributed by atoms with Gasteiger partial charge in [-0.05, 0) is 66.1 Å². The highest BCUT2D eigenvalue weighted by Gasteiger charge is 2.08. The van der Waals surface area contributed by atoms with E-state index in [4.69, 9.17) is 0 Å². The molecule has 0 aliphatic carbocycles. The molecule has 0 aliphatic heterocycles. The molecular weight excluding hydrogens is 385 g/mol. The zero-order valence-corrected chi connectivity index (χ0v) is 16.9. The lowest BCUT2D eigenvalue weighted by molar-refractivity contribution is -0.116. The SMILES string of the molecule is O=C(CCCCCSc1ccc(F)cc1)Nc1cc(-c2ccccc2)ccc1O. The molecule has 0 radical (unpaired) electrons. The van der Waals surface area contributed by atoms with E-state index in [9.17, 15) is 14.3 Å². The molecule has 0 saturated carbocycles. The van der Waals surface area contributed by atoms with Crippen molar-refractivity contribution in [2.75, 3.05) is 11.1 Å². The molecule has 5 heteroatoms. The average molecular weight is 410 g/mol. The fourth-order valence-electron chi connectivity index (χ4n) is 2.94. The Labute approximate surface area is 175 Å². The Bertz CT molecular complexity index is 929. The number of carbonyl (C=O) groups excluding carboxylic acids is 1. The van der Waals surface area contributed by atoms with Crippen molar-refractivity contribution in [2.45, 2.75) is 30.6 Å². The quantitative estimate of drug-likeness (QED) is 0.241. The normalized spacial score (nSPS) is 10.7. The maximum atomic E-state index is 12.9. The summed E-state index contributed by atoms with van der Waals surface area (Å²) in [5, 5.41) is 12.9. The summed E-state index contributed by atoms with van der Waals surface area (Å²) in [4.78, 5) is 13.3. The molecule has 1 amide bonds. The van der Waals surface area contributed by atoms with E-state index in [1.807, 2.05) is 36.4 Å². The molecule has 3 rings (SSSR count). The number of carbonyl (C=O) groups is 1. The van der Waals surface area contributed by atoms with Crippen LogP contribution in [-0.2, 0) is 4.79 Å². The minimum absolute atomic E-state index is 0.0636. The Morgan fingerprint density at radius 2 is 1.66 bits per heavy atom. The maximum Gasteiger partial charge on any atom is 0.224 e. The van der Waals surface area contributed by atoms with E-state index in [0.717, 1.165) is 41.0 Å². The minimum atomic E-state index is -0.222. The third kappa shape index (κ3) is 6.64. The lowest BCUT2D eigenvalue weighted by Crippen LogP contribution is -2.11. The molecule has 29 heavy (non-hydrogen) atoms. The van der Waals surface area contributed by atoms with Gasteiger partial charge in [-0.15, -0.1) is 11.8 Å². The molecular formula is C24H24FNO2S. The molecule has 0 saturated heterocycles. The van der Waals surface area contributed by atoms with Crippen molar-refractivity contribution in [3.05, 3.63) is 78.6 Å². The van der Waals surface area contributed by atoms with Crippen LogP contribution in [0, 0.1) is 5.82 Å². The molecule has 0 unspecified atom stereocenters. The summed E-state index contributed by atoms with van der Waals surface area (Å²) in [6.45, 7) is 0. The average Bonchev–Trinajstić information content (AvgIpc) is 2.74. The van der Waals surface area contributed by atoms with E-state index < -0.39 is 0 Å². The van der Waals surface area contributed by atoms with Gasteiger partial charge in [0, 0.05) is 11.3 Å². The molecule has 0 bridgehead atoms. The second kappa shape index (κ2) is 10.7. The Morgan fingerprint density at radius 3 is 2.41 bits per heavy atom. The summed E-state index contributed by atoms with van der Waals surface area (Å²) in [6, 6.07) is 21.6. The summed E-state index contributed by atoms with van der Waals surface area (Å²) in [5.41, 5.74) is 2.40. The number of amides is 1. The molecule has 2 N–H and O–H groups in total. The molecule has 0 fully saturated rings. The van der Waals surface area contributed by atoms with Gasteiger partial charge in [-0.25, -0.2) is 4.39 Å². The number of anilines is 1. The fraction of sp³-hybridized carbons (Fsp3) is 0.208. The van der Waals surface area contributed by atoms with E-state index in [2.05, 4.69) is 5.32 Å². The van der Waals surface area contributed by atoms with Gasteiger partial charge < -0.3 is 10.4 Å². The van der Waals surface area contributed by atoms with Crippen LogP contribution in [0.15, 0.2) is 77.7 Å². The van der Waals surface area contributed by atoms with Crippen molar-refractivity contribution in [3.8, 4) is 16.9 Å². The van der Waals surface area contributed by atoms with Crippen molar-refractivity contribution in [1.29, 1.82) is 0 Å². The third-order valence-corrected chi connectivity index (χ3v) is 5.61. The molecule has 0 aromatic heterocycles. The maximum absolute atomic E-state index is 12.9. The van der Waals surface area contributed by atoms with E-state index in [1.54, 1.807) is 36.0 Å². The van der Waals surface area contributed by atoms with Gasteiger partial charge in [-0.3, -0.25) is 4.79 Å². The van der Waals surface area contributed by atoms with Crippen molar-refractivity contribution in [3.63, 3.8) is 0 Å². The van der Waals surface area contributed by atoms with Crippen LogP contribution < -0.4 is 5.32 Å². The van der Waals surface area contributed by atoms with Gasteiger partial charge in [0.2, 0.25) is 5.91 Å². The van der Waals surface area contributed by atoms with E-state index >= 15 is 0 Å². The summed E-state index contributed by atoms with van der Waals surface area (Å²) < 4.78 is 12.9. The second-order valence-corrected chi connectivity index (χ2v) is 7.93. The Hall–Kier alpha value is -2.79. The number of hydrogen-bond acceptors (Lipinski definition) is 3. The first-order valence-corrected chi connectivity index (χ1v) is 10.7. The van der Waals surface area contributed by atoms with Crippen LogP contribution in [0.3, 0.4) is 0 Å². The molecule has 3 aromatic carbocycles. The number of rotatable bonds is 9. The van der Waals surface area contributed by atoms with Gasteiger partial charge in [0.25, 0.3) is 0 Å². The van der Waals surface area contributed by atoms with E-state index in [0.29, 0.717) is 12.1 Å². The van der Waals surface area contributed by atoms with E-state index in [1.165, 1.54) is 12.1 Å². The smallest absolute Gasteiger partial charge is 0.224 e. The molecule has 3 nitrogen and oxygen atoms in total. The Morgan fingerprint density at radius 1 is 0.897 bits per heavy atom. The summed E-state index contributed by atoms with van der Waals surface area (Å²) >= 11 is 1.69. The number of phenolic OH excluding ortho intramolecular Hbond substituents is 1. The summed E-state index contributed by atoms with van der Waals surface area (Å²) in [6.07, 6.45) is 3.13. The molecule has 0 atom stereocenters. The number of phenols is 1. The van der Waals surface area contributed by atoms with Gasteiger partial charge >= 0.3 is 0 Å². The second-order valence-electron chi connectivity index (χ2n) is 6.76. The number of thioether (sulfide) groups is 1. The fourth-order valence-corrected chi connectivity index (χ4v) is 3.86. The monoisotopic (exact) mass is 409 g/mol. The van der Waals surface area contributed by atoms with Crippen LogP contribution in [0.5, 0.6) is 5.75 Å². The topological polar surface area (TPSA) is 49.3 Å². The van der Waals surface area contributed by atoms with Gasteiger partial charge in [0.1, 0.15) is 11.6 Å². The van der Waals surface area contributed by atoms with Crippen molar-refractivity contribution >= 4 is 23.4 Å². The number of unbranched alkanes of at least 4 members (excludes halogenated alkanes) is 2. The van der Waals surface area contributed by atoms with Crippen LogP contribution >= 0.6 is 11.8 Å². The molecule has 0 heterocycles. The van der Waals surface area contributed by atoms with Crippen LogP contribution in [-0.4, -0.2) is 16.8 Å². The highest BCUT2D eigenvalue weighted by molar-refractivity contribution is 7.99. The Kier molecular flexibility index (Phi) is 7.70. The zero-order chi connectivity index (χ0) is 20.5. The van der Waals surface area contributed by atoms with Gasteiger partial charge in [0.15, 0.2) is 0 Å². The molecule has 0 spiro atoms. The van der Waals surface area contributed by atoms with E-state index in [-0.39, 0.29) is 17.5 Å².